The Labute approximate surface area is 108 Å². The van der Waals surface area contributed by atoms with Crippen LogP contribution in [0, 0.1) is 6.92 Å². The third-order valence-electron chi connectivity index (χ3n) is 2.82. The molecule has 2 aromatic rings. The maximum Gasteiger partial charge on any atom is 0.0727 e. The lowest BCUT2D eigenvalue weighted by Gasteiger charge is -2.10. The zero-order valence-corrected chi connectivity index (χ0v) is 10.9. The van der Waals surface area contributed by atoms with Crippen LogP contribution in [0.25, 0.3) is 10.9 Å². The van der Waals surface area contributed by atoms with E-state index in [4.69, 9.17) is 5.73 Å². The maximum absolute atomic E-state index is 5.84. The van der Waals surface area contributed by atoms with E-state index in [-0.39, 0.29) is 0 Å². The van der Waals surface area contributed by atoms with E-state index in [1.807, 2.05) is 32.0 Å². The zero-order valence-electron chi connectivity index (χ0n) is 10.9. The number of fused-ring (bicyclic) bond motifs is 1. The number of pyridine rings is 1. The van der Waals surface area contributed by atoms with Gasteiger partial charge in [-0.25, -0.2) is 0 Å². The Kier molecular flexibility index (Phi) is 3.82. The highest BCUT2D eigenvalue weighted by Crippen LogP contribution is 2.25. The van der Waals surface area contributed by atoms with Crippen LogP contribution >= 0.6 is 0 Å². The van der Waals surface area contributed by atoms with Gasteiger partial charge in [-0.15, -0.1) is 0 Å². The first kappa shape index (κ1) is 12.4. The topological polar surface area (TPSA) is 50.9 Å². The molecule has 0 radical (unpaired) electrons. The molecule has 0 bridgehead atoms. The summed E-state index contributed by atoms with van der Waals surface area (Å²) >= 11 is 0. The summed E-state index contributed by atoms with van der Waals surface area (Å²) < 4.78 is 0. The first-order valence-corrected chi connectivity index (χ1v) is 6.22. The Bertz CT molecular complexity index is 573. The molecule has 0 aliphatic heterocycles. The number of benzene rings is 1. The van der Waals surface area contributed by atoms with Crippen LogP contribution in [0.3, 0.4) is 0 Å². The standard InChI is InChI=1S/C15H19N3/c1-3-4-5-8-17-15-9-11(2)18-14-7-6-12(16)10-13(14)15/h3-4,6-7,9-10H,5,8,16H2,1-2H3,(H,17,18)/b4-3+. The van der Waals surface area contributed by atoms with Crippen molar-refractivity contribution in [3.05, 3.63) is 42.1 Å². The fraction of sp³-hybridized carbons (Fsp3) is 0.267. The number of nitrogens with zero attached hydrogens (tertiary/aromatic N) is 1. The van der Waals surface area contributed by atoms with E-state index in [9.17, 15) is 0 Å². The maximum atomic E-state index is 5.84. The smallest absolute Gasteiger partial charge is 0.0727 e. The minimum Gasteiger partial charge on any atom is -0.399 e. The van der Waals surface area contributed by atoms with Crippen molar-refractivity contribution in [3.8, 4) is 0 Å². The lowest BCUT2D eigenvalue weighted by molar-refractivity contribution is 1.06. The monoisotopic (exact) mass is 241 g/mol. The van der Waals surface area contributed by atoms with E-state index in [2.05, 4.69) is 28.5 Å². The normalized spacial score (nSPS) is 11.2. The van der Waals surface area contributed by atoms with Crippen LogP contribution in [0.5, 0.6) is 0 Å². The summed E-state index contributed by atoms with van der Waals surface area (Å²) in [5.41, 5.74) is 9.71. The van der Waals surface area contributed by atoms with Gasteiger partial charge in [-0.3, -0.25) is 4.98 Å². The fourth-order valence-electron chi connectivity index (χ4n) is 1.98. The molecule has 1 aromatic carbocycles. The highest BCUT2D eigenvalue weighted by molar-refractivity contribution is 5.93. The van der Waals surface area contributed by atoms with Gasteiger partial charge >= 0.3 is 0 Å². The van der Waals surface area contributed by atoms with Gasteiger partial charge in [0, 0.05) is 29.0 Å². The third-order valence-corrected chi connectivity index (χ3v) is 2.82. The van der Waals surface area contributed by atoms with E-state index in [1.54, 1.807) is 0 Å². The molecule has 1 heterocycles. The molecule has 0 atom stereocenters. The number of nitrogens with one attached hydrogen (secondary N) is 1. The molecule has 3 nitrogen and oxygen atoms in total. The molecule has 0 aliphatic rings. The van der Waals surface area contributed by atoms with Gasteiger partial charge in [0.05, 0.1) is 5.52 Å². The molecule has 18 heavy (non-hydrogen) atoms. The van der Waals surface area contributed by atoms with E-state index >= 15 is 0 Å². The number of nitrogens with two attached hydrogens (primary N) is 1. The summed E-state index contributed by atoms with van der Waals surface area (Å²) in [6.45, 7) is 4.96. The van der Waals surface area contributed by atoms with E-state index in [0.29, 0.717) is 0 Å². The van der Waals surface area contributed by atoms with Crippen molar-refractivity contribution in [2.45, 2.75) is 20.3 Å². The van der Waals surface area contributed by atoms with Crippen LogP contribution in [-0.4, -0.2) is 11.5 Å². The van der Waals surface area contributed by atoms with Crippen LogP contribution in [0.1, 0.15) is 19.0 Å². The predicted octanol–water partition coefficient (Wildman–Crippen LogP) is 3.50. The van der Waals surface area contributed by atoms with Crippen molar-refractivity contribution < 1.29 is 0 Å². The molecule has 1 aromatic heterocycles. The van der Waals surface area contributed by atoms with Crippen molar-refractivity contribution in [1.29, 1.82) is 0 Å². The van der Waals surface area contributed by atoms with Gasteiger partial charge in [-0.1, -0.05) is 12.2 Å². The number of hydrogen-bond donors (Lipinski definition) is 2. The quantitative estimate of drug-likeness (QED) is 0.489. The van der Waals surface area contributed by atoms with Crippen LogP contribution in [0.4, 0.5) is 11.4 Å². The molecule has 94 valence electrons. The van der Waals surface area contributed by atoms with Crippen molar-refractivity contribution in [3.63, 3.8) is 0 Å². The molecular formula is C15H19N3. The average Bonchev–Trinajstić information content (AvgIpc) is 2.35. The SMILES string of the molecule is C/C=C/CCNc1cc(C)nc2ccc(N)cc12. The summed E-state index contributed by atoms with van der Waals surface area (Å²) in [5, 5.41) is 4.53. The number of nitrogen functional groups attached to an aromatic ring is 1. The van der Waals surface area contributed by atoms with Crippen molar-refractivity contribution >= 4 is 22.3 Å². The van der Waals surface area contributed by atoms with Gasteiger partial charge in [0.2, 0.25) is 0 Å². The third kappa shape index (κ3) is 2.80. The molecule has 0 saturated heterocycles. The molecule has 0 aliphatic carbocycles. The number of hydrogen-bond acceptors (Lipinski definition) is 3. The van der Waals surface area contributed by atoms with Gasteiger partial charge in [0.25, 0.3) is 0 Å². The van der Waals surface area contributed by atoms with E-state index in [1.165, 1.54) is 0 Å². The largest absolute Gasteiger partial charge is 0.399 e. The summed E-state index contributed by atoms with van der Waals surface area (Å²) in [7, 11) is 0. The van der Waals surface area contributed by atoms with Gasteiger partial charge < -0.3 is 11.1 Å². The Morgan fingerprint density at radius 3 is 2.94 bits per heavy atom. The second-order valence-electron chi connectivity index (χ2n) is 4.37. The number of anilines is 2. The van der Waals surface area contributed by atoms with E-state index in [0.717, 1.165) is 40.9 Å². The lowest BCUT2D eigenvalue weighted by atomic mass is 10.1. The Hall–Kier alpha value is -2.03. The number of aromatic nitrogens is 1. The molecule has 3 heteroatoms. The second-order valence-corrected chi connectivity index (χ2v) is 4.37. The van der Waals surface area contributed by atoms with Crippen molar-refractivity contribution in [2.24, 2.45) is 0 Å². The first-order valence-electron chi connectivity index (χ1n) is 6.22. The van der Waals surface area contributed by atoms with Gasteiger partial charge in [-0.05, 0) is 44.5 Å². The molecule has 0 amide bonds. The average molecular weight is 241 g/mol. The van der Waals surface area contributed by atoms with Crippen molar-refractivity contribution in [1.82, 2.24) is 4.98 Å². The van der Waals surface area contributed by atoms with Gasteiger partial charge in [0.1, 0.15) is 0 Å². The van der Waals surface area contributed by atoms with Crippen LogP contribution < -0.4 is 11.1 Å². The summed E-state index contributed by atoms with van der Waals surface area (Å²) in [5.74, 6) is 0. The number of allylic oxidation sites excluding steroid dienone is 1. The van der Waals surface area contributed by atoms with Crippen LogP contribution in [0.2, 0.25) is 0 Å². The molecule has 0 spiro atoms. The molecule has 3 N–H and O–H groups in total. The van der Waals surface area contributed by atoms with Crippen LogP contribution in [-0.2, 0) is 0 Å². The molecular weight excluding hydrogens is 222 g/mol. The summed E-state index contributed by atoms with van der Waals surface area (Å²) in [4.78, 5) is 4.51. The van der Waals surface area contributed by atoms with Gasteiger partial charge in [0.15, 0.2) is 0 Å². The number of aryl methyl sites for hydroxylation is 1. The first-order chi connectivity index (χ1) is 8.70. The number of rotatable bonds is 4. The minimum atomic E-state index is 0.768. The Morgan fingerprint density at radius 2 is 2.17 bits per heavy atom. The summed E-state index contributed by atoms with van der Waals surface area (Å²) in [6, 6.07) is 7.89. The predicted molar refractivity (Wildman–Crippen MR) is 78.8 cm³/mol. The highest BCUT2D eigenvalue weighted by atomic mass is 14.9. The Morgan fingerprint density at radius 1 is 1.33 bits per heavy atom. The van der Waals surface area contributed by atoms with Crippen LogP contribution in [0.15, 0.2) is 36.4 Å². The zero-order chi connectivity index (χ0) is 13.0. The molecule has 0 fully saturated rings. The fourth-order valence-corrected chi connectivity index (χ4v) is 1.98. The van der Waals surface area contributed by atoms with Gasteiger partial charge in [-0.2, -0.15) is 0 Å². The molecule has 2 rings (SSSR count). The van der Waals surface area contributed by atoms with Crippen molar-refractivity contribution in [2.75, 3.05) is 17.6 Å². The second kappa shape index (κ2) is 5.54. The van der Waals surface area contributed by atoms with E-state index < -0.39 is 0 Å². The summed E-state index contributed by atoms with van der Waals surface area (Å²) in [6.07, 6.45) is 5.23. The highest BCUT2D eigenvalue weighted by Gasteiger charge is 2.03. The lowest BCUT2D eigenvalue weighted by Crippen LogP contribution is -2.02. The molecule has 0 unspecified atom stereocenters. The molecule has 0 saturated carbocycles. The Balaban J connectivity index is 2.32. The minimum absolute atomic E-state index is 0.768.